The Kier molecular flexibility index (Phi) is 65.2. The third kappa shape index (κ3) is 66.8. The zero-order valence-corrected chi connectivity index (χ0v) is 53.3. The van der Waals surface area contributed by atoms with E-state index in [-0.39, 0.29) is 31.1 Å². The van der Waals surface area contributed by atoms with Gasteiger partial charge in [0.1, 0.15) is 13.2 Å². The summed E-state index contributed by atoms with van der Waals surface area (Å²) >= 11 is 0. The Morgan fingerprint density at radius 2 is 0.481 bits per heavy atom. The van der Waals surface area contributed by atoms with E-state index >= 15 is 0 Å². The first-order valence-electron chi connectivity index (χ1n) is 34.4. The van der Waals surface area contributed by atoms with Gasteiger partial charge in [-0.1, -0.05) is 316 Å². The zero-order valence-electron chi connectivity index (χ0n) is 53.3. The number of hydrogen-bond acceptors (Lipinski definition) is 6. The van der Waals surface area contributed by atoms with Crippen LogP contribution in [0.1, 0.15) is 329 Å². The summed E-state index contributed by atoms with van der Waals surface area (Å²) in [7, 11) is 0. The normalized spacial score (nSPS) is 12.8. The van der Waals surface area contributed by atoms with Crippen LogP contribution >= 0.6 is 0 Å². The van der Waals surface area contributed by atoms with Crippen LogP contribution in [-0.2, 0) is 28.6 Å². The Bertz CT molecular complexity index is 1620. The zero-order chi connectivity index (χ0) is 58.5. The highest BCUT2D eigenvalue weighted by Gasteiger charge is 2.19. The number of rotatable bonds is 62. The third-order valence-corrected chi connectivity index (χ3v) is 14.8. The monoisotopic (exact) mass is 1120 g/mol. The molecule has 0 fully saturated rings. The average molecular weight is 1130 g/mol. The van der Waals surface area contributed by atoms with Gasteiger partial charge in [0.2, 0.25) is 0 Å². The molecule has 81 heavy (non-hydrogen) atoms. The van der Waals surface area contributed by atoms with Gasteiger partial charge in [-0.15, -0.1) is 0 Å². The van der Waals surface area contributed by atoms with E-state index in [1.165, 1.54) is 173 Å². The number of hydrogen-bond donors (Lipinski definition) is 0. The van der Waals surface area contributed by atoms with Crippen molar-refractivity contribution < 1.29 is 28.6 Å². The van der Waals surface area contributed by atoms with Gasteiger partial charge < -0.3 is 14.2 Å². The van der Waals surface area contributed by atoms with Crippen molar-refractivity contribution in [3.05, 3.63) is 109 Å². The van der Waals surface area contributed by atoms with Crippen molar-refractivity contribution in [2.24, 2.45) is 0 Å². The van der Waals surface area contributed by atoms with E-state index in [1.54, 1.807) is 0 Å². The van der Waals surface area contributed by atoms with E-state index in [0.29, 0.717) is 19.3 Å². The summed E-state index contributed by atoms with van der Waals surface area (Å²) in [6.45, 7) is 6.40. The summed E-state index contributed by atoms with van der Waals surface area (Å²) < 4.78 is 16.9. The summed E-state index contributed by atoms with van der Waals surface area (Å²) in [4.78, 5) is 38.2. The standard InChI is InChI=1S/C75H128O6/c1-4-7-10-13-16-18-20-22-24-26-28-30-32-33-34-35-36-37-38-39-40-41-43-44-46-48-50-52-54-56-59-62-65-68-74(77)80-71-72(70-79-73(76)67-64-61-58-15-12-9-6-3)81-75(78)69-66-63-60-57-55-53-51-49-47-45-42-31-29-27-25-23-21-19-17-14-11-8-5-2/h7-8,10-11,16-19,22-25,28-31,33-34,72H,4-6,9,12-15,20-21,26-27,32,35-71H2,1-3H3/b10-7-,11-8-,18-16-,19-17-,24-22-,25-23-,30-28-,31-29-,34-33-. The van der Waals surface area contributed by atoms with Crippen molar-refractivity contribution in [1.82, 2.24) is 0 Å². The molecule has 1 unspecified atom stereocenters. The smallest absolute Gasteiger partial charge is 0.306 e. The van der Waals surface area contributed by atoms with Crippen LogP contribution in [-0.4, -0.2) is 37.2 Å². The average Bonchev–Trinajstić information content (AvgIpc) is 3.47. The molecule has 0 aliphatic heterocycles. The van der Waals surface area contributed by atoms with Crippen LogP contribution in [0.5, 0.6) is 0 Å². The Morgan fingerprint density at radius 3 is 0.753 bits per heavy atom. The van der Waals surface area contributed by atoms with Gasteiger partial charge in [0.05, 0.1) is 0 Å². The fraction of sp³-hybridized carbons (Fsp3) is 0.720. The van der Waals surface area contributed by atoms with Crippen molar-refractivity contribution in [3.63, 3.8) is 0 Å². The van der Waals surface area contributed by atoms with Crippen molar-refractivity contribution in [3.8, 4) is 0 Å². The summed E-state index contributed by atoms with van der Waals surface area (Å²) in [6, 6.07) is 0. The molecule has 0 aliphatic carbocycles. The summed E-state index contributed by atoms with van der Waals surface area (Å²) in [5.41, 5.74) is 0. The molecule has 0 saturated carbocycles. The second-order valence-corrected chi connectivity index (χ2v) is 22.7. The SMILES string of the molecule is CC/C=C\C/C=C\C/C=C\C/C=C\C/C=C\CCCCCCCCCCCCCCCCCCCC(=O)OCC(COC(=O)CCCCCCCCC)OC(=O)CCCCCCCCCCCC/C=C\C/C=C\C/C=C\C/C=C\CC. The number of carbonyl (C=O) groups is 3. The number of unbranched alkanes of at least 4 members (excludes halogenated alkanes) is 33. The van der Waals surface area contributed by atoms with E-state index in [0.717, 1.165) is 116 Å². The molecule has 0 aliphatic rings. The van der Waals surface area contributed by atoms with Gasteiger partial charge >= 0.3 is 17.9 Å². The molecule has 0 amide bonds. The lowest BCUT2D eigenvalue weighted by Gasteiger charge is -2.18. The lowest BCUT2D eigenvalue weighted by molar-refractivity contribution is -0.167. The quantitative estimate of drug-likeness (QED) is 0.0261. The van der Waals surface area contributed by atoms with Crippen LogP contribution in [0.4, 0.5) is 0 Å². The highest BCUT2D eigenvalue weighted by atomic mass is 16.6. The van der Waals surface area contributed by atoms with Crippen LogP contribution in [0.25, 0.3) is 0 Å². The molecule has 0 heterocycles. The second-order valence-electron chi connectivity index (χ2n) is 22.7. The lowest BCUT2D eigenvalue weighted by atomic mass is 10.0. The number of esters is 3. The molecule has 0 saturated heterocycles. The first-order chi connectivity index (χ1) is 40.0. The van der Waals surface area contributed by atoms with Gasteiger partial charge in [0, 0.05) is 19.3 Å². The number of carbonyl (C=O) groups excluding carboxylic acids is 3. The second kappa shape index (κ2) is 68.6. The fourth-order valence-electron chi connectivity index (χ4n) is 9.70. The molecule has 0 aromatic carbocycles. The molecule has 0 N–H and O–H groups in total. The van der Waals surface area contributed by atoms with E-state index < -0.39 is 6.10 Å². The maximum atomic E-state index is 12.9. The molecule has 0 radical (unpaired) electrons. The van der Waals surface area contributed by atoms with Gasteiger partial charge in [-0.25, -0.2) is 0 Å². The molecule has 0 bridgehead atoms. The van der Waals surface area contributed by atoms with Crippen molar-refractivity contribution >= 4 is 17.9 Å². The molecular formula is C75H128O6. The minimum absolute atomic E-state index is 0.0762. The highest BCUT2D eigenvalue weighted by molar-refractivity contribution is 5.71. The third-order valence-electron chi connectivity index (χ3n) is 14.8. The van der Waals surface area contributed by atoms with Crippen molar-refractivity contribution in [2.75, 3.05) is 13.2 Å². The van der Waals surface area contributed by atoms with Crippen LogP contribution in [0.15, 0.2) is 109 Å². The lowest BCUT2D eigenvalue weighted by Crippen LogP contribution is -2.30. The maximum Gasteiger partial charge on any atom is 0.306 e. The Balaban J connectivity index is 4.05. The number of allylic oxidation sites excluding steroid dienone is 18. The Labute approximate surface area is 501 Å². The first kappa shape index (κ1) is 77.1. The summed E-state index contributed by atoms with van der Waals surface area (Å²) in [5, 5.41) is 0. The van der Waals surface area contributed by atoms with Gasteiger partial charge in [-0.2, -0.15) is 0 Å². The molecule has 0 spiro atoms. The molecule has 0 aromatic heterocycles. The predicted octanol–water partition coefficient (Wildman–Crippen LogP) is 23.8. The molecule has 6 nitrogen and oxygen atoms in total. The molecule has 0 rings (SSSR count). The van der Waals surface area contributed by atoms with Crippen LogP contribution in [0.2, 0.25) is 0 Å². The fourth-order valence-corrected chi connectivity index (χ4v) is 9.70. The van der Waals surface area contributed by atoms with Crippen LogP contribution in [0.3, 0.4) is 0 Å². The van der Waals surface area contributed by atoms with Crippen LogP contribution in [0, 0.1) is 0 Å². The summed E-state index contributed by atoms with van der Waals surface area (Å²) in [5.74, 6) is -0.875. The first-order valence-corrected chi connectivity index (χ1v) is 34.4. The molecule has 1 atom stereocenters. The van der Waals surface area contributed by atoms with Crippen molar-refractivity contribution in [2.45, 2.75) is 335 Å². The molecular weight excluding hydrogens is 997 g/mol. The Hall–Kier alpha value is -3.93. The highest BCUT2D eigenvalue weighted by Crippen LogP contribution is 2.17. The molecule has 464 valence electrons. The topological polar surface area (TPSA) is 78.9 Å². The van der Waals surface area contributed by atoms with Gasteiger partial charge in [0.25, 0.3) is 0 Å². The predicted molar refractivity (Wildman–Crippen MR) is 353 cm³/mol. The van der Waals surface area contributed by atoms with Crippen molar-refractivity contribution in [1.29, 1.82) is 0 Å². The van der Waals surface area contributed by atoms with E-state index in [9.17, 15) is 14.4 Å². The van der Waals surface area contributed by atoms with E-state index in [2.05, 4.69) is 130 Å². The summed E-state index contributed by atoms with van der Waals surface area (Å²) in [6.07, 6.45) is 94.3. The minimum Gasteiger partial charge on any atom is -0.462 e. The van der Waals surface area contributed by atoms with Gasteiger partial charge in [0.15, 0.2) is 6.10 Å². The van der Waals surface area contributed by atoms with Gasteiger partial charge in [-0.3, -0.25) is 14.4 Å². The molecule has 6 heteroatoms. The largest absolute Gasteiger partial charge is 0.462 e. The van der Waals surface area contributed by atoms with Gasteiger partial charge in [-0.05, 0) is 103 Å². The van der Waals surface area contributed by atoms with Crippen LogP contribution < -0.4 is 0 Å². The maximum absolute atomic E-state index is 12.9. The molecule has 0 aromatic rings. The minimum atomic E-state index is -0.777. The van der Waals surface area contributed by atoms with E-state index in [4.69, 9.17) is 14.2 Å². The Morgan fingerprint density at radius 1 is 0.259 bits per heavy atom. The van der Waals surface area contributed by atoms with E-state index in [1.807, 2.05) is 0 Å². The number of ether oxygens (including phenoxy) is 3.